The molecule has 0 aliphatic rings. The van der Waals surface area contributed by atoms with Gasteiger partial charge in [-0.1, -0.05) is 22.9 Å². The number of hydrogen-bond acceptors (Lipinski definition) is 5. The van der Waals surface area contributed by atoms with E-state index in [0.29, 0.717) is 16.2 Å². The van der Waals surface area contributed by atoms with Gasteiger partial charge in [-0.25, -0.2) is 8.78 Å². The van der Waals surface area contributed by atoms with Gasteiger partial charge in [0.1, 0.15) is 29.0 Å². The zero-order chi connectivity index (χ0) is 12.4. The molecule has 8 heteroatoms. The third-order valence-corrected chi connectivity index (χ3v) is 2.89. The lowest BCUT2D eigenvalue weighted by atomic mass is 10.3. The SMILES string of the molecule is Nc1nnc(COc2cc(F)cc(F)c2Cl)s1. The van der Waals surface area contributed by atoms with Crippen LogP contribution >= 0.6 is 22.9 Å². The van der Waals surface area contributed by atoms with Crippen LogP contribution in [0.3, 0.4) is 0 Å². The van der Waals surface area contributed by atoms with Crippen molar-refractivity contribution in [2.24, 2.45) is 0 Å². The summed E-state index contributed by atoms with van der Waals surface area (Å²) in [5.41, 5.74) is 5.37. The van der Waals surface area contributed by atoms with E-state index in [4.69, 9.17) is 22.1 Å². The summed E-state index contributed by atoms with van der Waals surface area (Å²) in [6.07, 6.45) is 0. The lowest BCUT2D eigenvalue weighted by Crippen LogP contribution is -1.97. The van der Waals surface area contributed by atoms with Crippen molar-refractivity contribution in [1.29, 1.82) is 0 Å². The Labute approximate surface area is 104 Å². The highest BCUT2D eigenvalue weighted by atomic mass is 35.5. The maximum atomic E-state index is 13.1. The number of aromatic nitrogens is 2. The van der Waals surface area contributed by atoms with Gasteiger partial charge in [-0.15, -0.1) is 10.2 Å². The van der Waals surface area contributed by atoms with Crippen LogP contribution in [0.1, 0.15) is 5.01 Å². The van der Waals surface area contributed by atoms with Crippen LogP contribution in [0.5, 0.6) is 5.75 Å². The van der Waals surface area contributed by atoms with Crippen LogP contribution in [0, 0.1) is 11.6 Å². The predicted molar refractivity (Wildman–Crippen MR) is 60.0 cm³/mol. The fraction of sp³-hybridized carbons (Fsp3) is 0.111. The molecule has 4 nitrogen and oxygen atoms in total. The molecule has 17 heavy (non-hydrogen) atoms. The topological polar surface area (TPSA) is 61.0 Å². The van der Waals surface area contributed by atoms with E-state index in [-0.39, 0.29) is 17.4 Å². The molecule has 0 bridgehead atoms. The van der Waals surface area contributed by atoms with E-state index in [1.54, 1.807) is 0 Å². The average molecular weight is 278 g/mol. The molecule has 2 aromatic rings. The smallest absolute Gasteiger partial charge is 0.203 e. The zero-order valence-electron chi connectivity index (χ0n) is 8.28. The number of benzene rings is 1. The Morgan fingerprint density at radius 2 is 2.12 bits per heavy atom. The van der Waals surface area contributed by atoms with E-state index < -0.39 is 11.6 Å². The number of nitrogen functional groups attached to an aromatic ring is 1. The summed E-state index contributed by atoms with van der Waals surface area (Å²) in [4.78, 5) is 0. The zero-order valence-corrected chi connectivity index (χ0v) is 9.86. The van der Waals surface area contributed by atoms with Gasteiger partial charge in [-0.2, -0.15) is 0 Å². The maximum Gasteiger partial charge on any atom is 0.203 e. The van der Waals surface area contributed by atoms with Gasteiger partial charge in [0, 0.05) is 12.1 Å². The highest BCUT2D eigenvalue weighted by Crippen LogP contribution is 2.29. The van der Waals surface area contributed by atoms with Gasteiger partial charge in [0.15, 0.2) is 5.01 Å². The van der Waals surface area contributed by atoms with Crippen molar-refractivity contribution in [3.8, 4) is 5.75 Å². The number of halogens is 3. The second-order valence-electron chi connectivity index (χ2n) is 3.02. The van der Waals surface area contributed by atoms with Crippen molar-refractivity contribution in [2.75, 3.05) is 5.73 Å². The third-order valence-electron chi connectivity index (χ3n) is 1.79. The van der Waals surface area contributed by atoms with Crippen LogP contribution in [0.25, 0.3) is 0 Å². The summed E-state index contributed by atoms with van der Waals surface area (Å²) in [6.45, 7) is -0.00250. The summed E-state index contributed by atoms with van der Waals surface area (Å²) < 4.78 is 31.1. The van der Waals surface area contributed by atoms with Gasteiger partial charge in [0.25, 0.3) is 0 Å². The Morgan fingerprint density at radius 3 is 2.76 bits per heavy atom. The van der Waals surface area contributed by atoms with Crippen molar-refractivity contribution >= 4 is 28.1 Å². The second kappa shape index (κ2) is 4.80. The first-order valence-electron chi connectivity index (χ1n) is 4.41. The van der Waals surface area contributed by atoms with E-state index in [0.717, 1.165) is 17.4 Å². The van der Waals surface area contributed by atoms with Gasteiger partial charge >= 0.3 is 0 Å². The van der Waals surface area contributed by atoms with Crippen molar-refractivity contribution in [3.63, 3.8) is 0 Å². The van der Waals surface area contributed by atoms with E-state index in [1.807, 2.05) is 0 Å². The molecule has 0 saturated carbocycles. The van der Waals surface area contributed by atoms with Gasteiger partial charge < -0.3 is 10.5 Å². The Bertz CT molecular complexity index is 549. The van der Waals surface area contributed by atoms with E-state index in [2.05, 4.69) is 10.2 Å². The van der Waals surface area contributed by atoms with E-state index in [9.17, 15) is 8.78 Å². The molecule has 1 heterocycles. The van der Waals surface area contributed by atoms with Gasteiger partial charge in [0.2, 0.25) is 5.13 Å². The van der Waals surface area contributed by atoms with Crippen LogP contribution in [0.2, 0.25) is 5.02 Å². The van der Waals surface area contributed by atoms with Crippen molar-refractivity contribution in [1.82, 2.24) is 10.2 Å². The summed E-state index contributed by atoms with van der Waals surface area (Å²) >= 11 is 6.73. The van der Waals surface area contributed by atoms with Gasteiger partial charge in [-0.05, 0) is 0 Å². The molecule has 1 aromatic carbocycles. The first kappa shape index (κ1) is 12.0. The average Bonchev–Trinajstić information content (AvgIpc) is 2.67. The van der Waals surface area contributed by atoms with Crippen LogP contribution < -0.4 is 10.5 Å². The maximum absolute atomic E-state index is 13.1. The molecule has 0 aliphatic carbocycles. The normalized spacial score (nSPS) is 10.5. The molecule has 0 spiro atoms. The first-order chi connectivity index (χ1) is 8.06. The van der Waals surface area contributed by atoms with Crippen LogP contribution in [0.4, 0.5) is 13.9 Å². The minimum atomic E-state index is -0.876. The minimum absolute atomic E-state index is 0.00250. The number of ether oxygens (including phenoxy) is 1. The largest absolute Gasteiger partial charge is 0.485 e. The molecule has 0 atom stereocenters. The molecule has 2 N–H and O–H groups in total. The standard InChI is InChI=1S/C9H6ClF2N3OS/c10-8-5(12)1-4(11)2-6(8)16-3-7-14-15-9(13)17-7/h1-2H,3H2,(H2,13,15). The number of nitrogens with zero attached hydrogens (tertiary/aromatic N) is 2. The molecule has 0 radical (unpaired) electrons. The lowest BCUT2D eigenvalue weighted by Gasteiger charge is -2.06. The van der Waals surface area contributed by atoms with E-state index in [1.165, 1.54) is 0 Å². The van der Waals surface area contributed by atoms with Crippen molar-refractivity contribution < 1.29 is 13.5 Å². The monoisotopic (exact) mass is 277 g/mol. The molecule has 0 aliphatic heterocycles. The van der Waals surface area contributed by atoms with Crippen LogP contribution in [-0.4, -0.2) is 10.2 Å². The molecule has 0 unspecified atom stereocenters. The molecule has 2 rings (SSSR count). The Hall–Kier alpha value is -1.47. The number of anilines is 1. The second-order valence-corrected chi connectivity index (χ2v) is 4.49. The molecular weight excluding hydrogens is 272 g/mol. The quantitative estimate of drug-likeness (QED) is 0.876. The minimum Gasteiger partial charge on any atom is -0.485 e. The number of nitrogens with two attached hydrogens (primary N) is 1. The lowest BCUT2D eigenvalue weighted by molar-refractivity contribution is 0.301. The molecular formula is C9H6ClF2N3OS. The number of rotatable bonds is 3. The third kappa shape index (κ3) is 2.80. The van der Waals surface area contributed by atoms with Crippen LogP contribution in [-0.2, 0) is 6.61 Å². The fourth-order valence-electron chi connectivity index (χ4n) is 1.10. The Kier molecular flexibility index (Phi) is 3.39. The fourth-order valence-corrected chi connectivity index (χ4v) is 1.79. The molecule has 0 saturated heterocycles. The predicted octanol–water partition coefficient (Wildman–Crippen LogP) is 2.63. The van der Waals surface area contributed by atoms with E-state index >= 15 is 0 Å². The van der Waals surface area contributed by atoms with Gasteiger partial charge in [-0.3, -0.25) is 0 Å². The van der Waals surface area contributed by atoms with Crippen molar-refractivity contribution in [2.45, 2.75) is 6.61 Å². The molecule has 1 aromatic heterocycles. The molecule has 0 fully saturated rings. The molecule has 0 amide bonds. The van der Waals surface area contributed by atoms with Crippen molar-refractivity contribution in [3.05, 3.63) is 33.8 Å². The number of hydrogen-bond donors (Lipinski definition) is 1. The Balaban J connectivity index is 2.14. The highest BCUT2D eigenvalue weighted by molar-refractivity contribution is 7.15. The molecule has 90 valence electrons. The first-order valence-corrected chi connectivity index (χ1v) is 5.61. The summed E-state index contributed by atoms with van der Waals surface area (Å²) in [7, 11) is 0. The van der Waals surface area contributed by atoms with Gasteiger partial charge in [0.05, 0.1) is 0 Å². The summed E-state index contributed by atoms with van der Waals surface area (Å²) in [5, 5.41) is 7.77. The Morgan fingerprint density at radius 1 is 1.35 bits per heavy atom. The summed E-state index contributed by atoms with van der Waals surface area (Å²) in [6, 6.07) is 1.67. The highest BCUT2D eigenvalue weighted by Gasteiger charge is 2.11. The van der Waals surface area contributed by atoms with Crippen LogP contribution in [0.15, 0.2) is 12.1 Å². The summed E-state index contributed by atoms with van der Waals surface area (Å²) in [5.74, 6) is -1.73.